The molecular formula is C18H18N2O3. The predicted molar refractivity (Wildman–Crippen MR) is 84.4 cm³/mol. The topological polar surface area (TPSA) is 83.1 Å². The largest absolute Gasteiger partial charge is 0.493 e. The number of carbonyl (C=O) groups is 1. The molecule has 1 aromatic carbocycles. The molecule has 0 amide bonds. The van der Waals surface area contributed by atoms with Gasteiger partial charge in [0, 0.05) is 0 Å². The molecule has 5 heteroatoms. The molecule has 0 aromatic heterocycles. The van der Waals surface area contributed by atoms with Crippen LogP contribution in [-0.2, 0) is 4.79 Å². The highest BCUT2D eigenvalue weighted by molar-refractivity contribution is 5.76. The van der Waals surface area contributed by atoms with Gasteiger partial charge in [-0.25, -0.2) is 0 Å². The Labute approximate surface area is 135 Å². The van der Waals surface area contributed by atoms with Crippen LogP contribution in [0.25, 0.3) is 6.08 Å². The van der Waals surface area contributed by atoms with E-state index in [2.05, 4.69) is 0 Å². The Kier molecular flexibility index (Phi) is 5.77. The molecular weight excluding hydrogens is 292 g/mol. The average Bonchev–Trinajstić information content (AvgIpc) is 2.61. The van der Waals surface area contributed by atoms with E-state index in [0.717, 1.165) is 25.7 Å². The van der Waals surface area contributed by atoms with Gasteiger partial charge in [0.05, 0.1) is 13.0 Å². The van der Waals surface area contributed by atoms with Crippen molar-refractivity contribution in [3.63, 3.8) is 0 Å². The van der Waals surface area contributed by atoms with Crippen LogP contribution in [0.3, 0.4) is 0 Å². The minimum absolute atomic E-state index is 0.000923. The first kappa shape index (κ1) is 16.6. The second-order valence-corrected chi connectivity index (χ2v) is 5.45. The van der Waals surface area contributed by atoms with Crippen molar-refractivity contribution in [1.29, 1.82) is 10.5 Å². The standard InChI is InChI=1S/C18H18N2O3/c1-22-17-10-13(9-14(11-19)12-20)7-8-16(17)23-18(21)15-5-3-2-4-6-15/h7-10,15H,2-6H2,1H3. The first-order valence-electron chi connectivity index (χ1n) is 7.59. The van der Waals surface area contributed by atoms with Gasteiger partial charge in [-0.15, -0.1) is 0 Å². The third-order valence-electron chi connectivity index (χ3n) is 3.89. The van der Waals surface area contributed by atoms with Crippen LogP contribution in [0.15, 0.2) is 23.8 Å². The van der Waals surface area contributed by atoms with Gasteiger partial charge in [-0.05, 0) is 36.6 Å². The lowest BCUT2D eigenvalue weighted by Crippen LogP contribution is -2.22. The zero-order valence-corrected chi connectivity index (χ0v) is 13.0. The van der Waals surface area contributed by atoms with E-state index in [1.165, 1.54) is 19.6 Å². The van der Waals surface area contributed by atoms with Crippen molar-refractivity contribution in [1.82, 2.24) is 0 Å². The van der Waals surface area contributed by atoms with Gasteiger partial charge in [0.15, 0.2) is 11.5 Å². The van der Waals surface area contributed by atoms with E-state index in [-0.39, 0.29) is 17.5 Å². The Morgan fingerprint density at radius 2 is 1.87 bits per heavy atom. The lowest BCUT2D eigenvalue weighted by molar-refractivity contribution is -0.140. The Bertz CT molecular complexity index is 673. The van der Waals surface area contributed by atoms with Crippen molar-refractivity contribution < 1.29 is 14.3 Å². The summed E-state index contributed by atoms with van der Waals surface area (Å²) in [5.41, 5.74) is 0.636. The van der Waals surface area contributed by atoms with Crippen molar-refractivity contribution >= 4 is 12.0 Å². The molecule has 5 nitrogen and oxygen atoms in total. The summed E-state index contributed by atoms with van der Waals surface area (Å²) in [6.45, 7) is 0. The van der Waals surface area contributed by atoms with Crippen LogP contribution >= 0.6 is 0 Å². The summed E-state index contributed by atoms with van der Waals surface area (Å²) in [5, 5.41) is 17.6. The van der Waals surface area contributed by atoms with Crippen LogP contribution in [0.4, 0.5) is 0 Å². The first-order chi connectivity index (χ1) is 11.2. The molecule has 0 unspecified atom stereocenters. The van der Waals surface area contributed by atoms with E-state index < -0.39 is 0 Å². The molecule has 0 N–H and O–H groups in total. The molecule has 1 saturated carbocycles. The third kappa shape index (κ3) is 4.34. The number of nitrogens with zero attached hydrogens (tertiary/aromatic N) is 2. The first-order valence-corrected chi connectivity index (χ1v) is 7.59. The van der Waals surface area contributed by atoms with Gasteiger partial charge in [-0.3, -0.25) is 4.79 Å². The normalized spacial score (nSPS) is 14.2. The number of hydrogen-bond acceptors (Lipinski definition) is 5. The summed E-state index contributed by atoms with van der Waals surface area (Å²) in [6, 6.07) is 8.54. The number of methoxy groups -OCH3 is 1. The molecule has 23 heavy (non-hydrogen) atoms. The molecule has 0 aliphatic heterocycles. The van der Waals surface area contributed by atoms with Gasteiger partial charge in [-0.1, -0.05) is 25.3 Å². The number of ether oxygens (including phenoxy) is 2. The summed E-state index contributed by atoms with van der Waals surface area (Å²) in [5.74, 6) is 0.492. The third-order valence-corrected chi connectivity index (χ3v) is 3.89. The molecule has 2 rings (SSSR count). The molecule has 0 atom stereocenters. The van der Waals surface area contributed by atoms with E-state index in [1.807, 2.05) is 0 Å². The fraction of sp³-hybridized carbons (Fsp3) is 0.389. The summed E-state index contributed by atoms with van der Waals surface area (Å²) >= 11 is 0. The van der Waals surface area contributed by atoms with Crippen molar-refractivity contribution in [2.75, 3.05) is 7.11 Å². The van der Waals surface area contributed by atoms with Crippen LogP contribution in [0.2, 0.25) is 0 Å². The van der Waals surface area contributed by atoms with Gasteiger partial charge >= 0.3 is 5.97 Å². The van der Waals surface area contributed by atoms with Crippen molar-refractivity contribution in [2.45, 2.75) is 32.1 Å². The minimum atomic E-state index is -0.221. The Balaban J connectivity index is 2.17. The number of esters is 1. The number of hydrogen-bond donors (Lipinski definition) is 0. The average molecular weight is 310 g/mol. The van der Waals surface area contributed by atoms with E-state index in [9.17, 15) is 4.79 Å². The monoisotopic (exact) mass is 310 g/mol. The maximum atomic E-state index is 12.2. The van der Waals surface area contributed by atoms with E-state index in [4.69, 9.17) is 20.0 Å². The number of nitriles is 2. The molecule has 0 bridgehead atoms. The maximum absolute atomic E-state index is 12.2. The molecule has 0 radical (unpaired) electrons. The molecule has 0 saturated heterocycles. The highest BCUT2D eigenvalue weighted by atomic mass is 16.6. The lowest BCUT2D eigenvalue weighted by atomic mass is 9.89. The number of benzene rings is 1. The van der Waals surface area contributed by atoms with Crippen molar-refractivity contribution in [3.8, 4) is 23.6 Å². The zero-order valence-electron chi connectivity index (χ0n) is 13.0. The minimum Gasteiger partial charge on any atom is -0.493 e. The summed E-state index contributed by atoms with van der Waals surface area (Å²) in [4.78, 5) is 12.2. The second kappa shape index (κ2) is 8.00. The fourth-order valence-corrected chi connectivity index (χ4v) is 2.64. The van der Waals surface area contributed by atoms with E-state index >= 15 is 0 Å². The number of rotatable bonds is 4. The summed E-state index contributed by atoms with van der Waals surface area (Å²) in [7, 11) is 1.48. The number of carbonyl (C=O) groups excluding carboxylic acids is 1. The summed E-state index contributed by atoms with van der Waals surface area (Å²) in [6.07, 6.45) is 6.49. The van der Waals surface area contributed by atoms with E-state index in [1.54, 1.807) is 30.3 Å². The molecule has 1 aliphatic carbocycles. The van der Waals surface area contributed by atoms with E-state index in [0.29, 0.717) is 17.1 Å². The van der Waals surface area contributed by atoms with Gasteiger partial charge in [-0.2, -0.15) is 10.5 Å². The Hall–Kier alpha value is -2.79. The fourth-order valence-electron chi connectivity index (χ4n) is 2.64. The van der Waals surface area contributed by atoms with Crippen LogP contribution in [0.1, 0.15) is 37.7 Å². The smallest absolute Gasteiger partial charge is 0.314 e. The lowest BCUT2D eigenvalue weighted by Gasteiger charge is -2.20. The van der Waals surface area contributed by atoms with Crippen molar-refractivity contribution in [3.05, 3.63) is 29.3 Å². The SMILES string of the molecule is COc1cc(C=C(C#N)C#N)ccc1OC(=O)C1CCCCC1. The van der Waals surface area contributed by atoms with Gasteiger partial charge in [0.2, 0.25) is 0 Å². The Morgan fingerprint density at radius 1 is 1.17 bits per heavy atom. The molecule has 1 aliphatic rings. The van der Waals surface area contributed by atoms with Crippen LogP contribution in [-0.4, -0.2) is 13.1 Å². The van der Waals surface area contributed by atoms with Gasteiger partial charge in [0.25, 0.3) is 0 Å². The summed E-state index contributed by atoms with van der Waals surface area (Å²) < 4.78 is 10.7. The number of allylic oxidation sites excluding steroid dienone is 1. The maximum Gasteiger partial charge on any atom is 0.314 e. The van der Waals surface area contributed by atoms with Gasteiger partial charge in [0.1, 0.15) is 17.7 Å². The molecule has 1 fully saturated rings. The molecule has 0 heterocycles. The Morgan fingerprint density at radius 3 is 2.48 bits per heavy atom. The molecule has 0 spiro atoms. The quantitative estimate of drug-likeness (QED) is 0.482. The highest BCUT2D eigenvalue weighted by Gasteiger charge is 2.24. The zero-order chi connectivity index (χ0) is 16.7. The van der Waals surface area contributed by atoms with Crippen LogP contribution in [0, 0.1) is 28.6 Å². The molecule has 1 aromatic rings. The van der Waals surface area contributed by atoms with Crippen LogP contribution < -0.4 is 9.47 Å². The van der Waals surface area contributed by atoms with Crippen LogP contribution in [0.5, 0.6) is 11.5 Å². The predicted octanol–water partition coefficient (Wildman–Crippen LogP) is 3.61. The highest BCUT2D eigenvalue weighted by Crippen LogP contribution is 2.31. The molecule has 118 valence electrons. The second-order valence-electron chi connectivity index (χ2n) is 5.45. The van der Waals surface area contributed by atoms with Gasteiger partial charge < -0.3 is 9.47 Å². The van der Waals surface area contributed by atoms with Crippen molar-refractivity contribution in [2.24, 2.45) is 5.92 Å².